The van der Waals surface area contributed by atoms with E-state index in [-0.39, 0.29) is 11.9 Å². The molecule has 1 atom stereocenters. The van der Waals surface area contributed by atoms with Crippen molar-refractivity contribution in [1.29, 1.82) is 0 Å². The average molecular weight is 372 g/mol. The number of carbonyl (C=O) groups is 1. The molecule has 26 heavy (non-hydrogen) atoms. The topological polar surface area (TPSA) is 38.8 Å². The van der Waals surface area contributed by atoms with Crippen molar-refractivity contribution < 1.29 is 14.3 Å². The van der Waals surface area contributed by atoms with Crippen LogP contribution in [0.1, 0.15) is 30.0 Å². The summed E-state index contributed by atoms with van der Waals surface area (Å²) in [7, 11) is 3.32. The predicted octanol–water partition coefficient (Wildman–Crippen LogP) is 4.47. The zero-order valence-corrected chi connectivity index (χ0v) is 16.3. The molecule has 0 aromatic heterocycles. The standard InChI is InChI=1S/C21H25NO3S/c1-15-6-9-17(10-7-15)26-14-21(23)22-12-4-5-19(22)18-13-16(24-2)8-11-20(18)25-3/h6-11,13,19H,4-5,12,14H2,1-3H3. The van der Waals surface area contributed by atoms with Crippen molar-refractivity contribution in [3.8, 4) is 11.5 Å². The van der Waals surface area contributed by atoms with Gasteiger partial charge in [0.05, 0.1) is 26.0 Å². The molecule has 0 saturated carbocycles. The summed E-state index contributed by atoms with van der Waals surface area (Å²) in [5.74, 6) is 2.21. The van der Waals surface area contributed by atoms with Crippen LogP contribution >= 0.6 is 11.8 Å². The van der Waals surface area contributed by atoms with Gasteiger partial charge in [0, 0.05) is 17.0 Å². The maximum atomic E-state index is 12.9. The lowest BCUT2D eigenvalue weighted by Gasteiger charge is -2.26. The van der Waals surface area contributed by atoms with E-state index in [4.69, 9.17) is 9.47 Å². The Hall–Kier alpha value is -2.14. The van der Waals surface area contributed by atoms with Crippen molar-refractivity contribution in [3.63, 3.8) is 0 Å². The molecule has 5 heteroatoms. The van der Waals surface area contributed by atoms with Crippen LogP contribution < -0.4 is 9.47 Å². The van der Waals surface area contributed by atoms with E-state index in [0.717, 1.165) is 41.3 Å². The summed E-state index contributed by atoms with van der Waals surface area (Å²) >= 11 is 1.59. The van der Waals surface area contributed by atoms with Gasteiger partial charge in [0.15, 0.2) is 0 Å². The Balaban J connectivity index is 1.73. The first-order valence-electron chi connectivity index (χ1n) is 8.83. The van der Waals surface area contributed by atoms with E-state index in [0.29, 0.717) is 5.75 Å². The molecule has 0 aliphatic carbocycles. The number of methoxy groups -OCH3 is 2. The first-order valence-corrected chi connectivity index (χ1v) is 9.82. The molecule has 0 radical (unpaired) electrons. The molecule has 1 heterocycles. The van der Waals surface area contributed by atoms with Crippen LogP contribution in [-0.2, 0) is 4.79 Å². The first-order chi connectivity index (χ1) is 12.6. The number of benzene rings is 2. The fourth-order valence-corrected chi connectivity index (χ4v) is 4.14. The highest BCUT2D eigenvalue weighted by atomic mass is 32.2. The Morgan fingerprint density at radius 2 is 1.92 bits per heavy atom. The summed E-state index contributed by atoms with van der Waals surface area (Å²) in [5, 5.41) is 0. The van der Waals surface area contributed by atoms with Gasteiger partial charge in [-0.15, -0.1) is 11.8 Å². The summed E-state index contributed by atoms with van der Waals surface area (Å²) in [4.78, 5) is 16.0. The second-order valence-electron chi connectivity index (χ2n) is 6.45. The predicted molar refractivity (Wildman–Crippen MR) is 105 cm³/mol. The summed E-state index contributed by atoms with van der Waals surface area (Å²) in [6, 6.07) is 14.1. The molecule has 0 N–H and O–H groups in total. The minimum absolute atomic E-state index is 0.0474. The third kappa shape index (κ3) is 4.15. The number of amides is 1. The molecule has 0 bridgehead atoms. The third-order valence-electron chi connectivity index (χ3n) is 4.75. The molecule has 1 unspecified atom stereocenters. The zero-order chi connectivity index (χ0) is 18.5. The van der Waals surface area contributed by atoms with E-state index in [1.165, 1.54) is 5.56 Å². The number of nitrogens with zero attached hydrogens (tertiary/aromatic N) is 1. The zero-order valence-electron chi connectivity index (χ0n) is 15.5. The van der Waals surface area contributed by atoms with E-state index in [2.05, 4.69) is 31.2 Å². The second-order valence-corrected chi connectivity index (χ2v) is 7.50. The number of hydrogen-bond acceptors (Lipinski definition) is 4. The monoisotopic (exact) mass is 371 g/mol. The van der Waals surface area contributed by atoms with Crippen LogP contribution in [0.2, 0.25) is 0 Å². The lowest BCUT2D eigenvalue weighted by atomic mass is 10.0. The summed E-state index contributed by atoms with van der Waals surface area (Å²) < 4.78 is 10.9. The molecule has 1 saturated heterocycles. The largest absolute Gasteiger partial charge is 0.497 e. The molecule has 2 aromatic carbocycles. The van der Waals surface area contributed by atoms with Gasteiger partial charge in [-0.1, -0.05) is 17.7 Å². The van der Waals surface area contributed by atoms with Crippen LogP contribution in [0.5, 0.6) is 11.5 Å². The maximum absolute atomic E-state index is 12.9. The summed E-state index contributed by atoms with van der Waals surface area (Å²) in [6.07, 6.45) is 1.95. The Labute approximate surface area is 159 Å². The second kappa shape index (κ2) is 8.49. The van der Waals surface area contributed by atoms with E-state index in [9.17, 15) is 4.79 Å². The highest BCUT2D eigenvalue weighted by molar-refractivity contribution is 8.00. The SMILES string of the molecule is COc1ccc(OC)c(C2CCCN2C(=O)CSc2ccc(C)cc2)c1. The number of likely N-dealkylation sites (tertiary alicyclic amines) is 1. The highest BCUT2D eigenvalue weighted by Crippen LogP contribution is 2.39. The number of hydrogen-bond donors (Lipinski definition) is 0. The fraction of sp³-hybridized carbons (Fsp3) is 0.381. The minimum Gasteiger partial charge on any atom is -0.497 e. The fourth-order valence-electron chi connectivity index (χ4n) is 3.35. The Bertz CT molecular complexity index is 760. The van der Waals surface area contributed by atoms with Crippen LogP contribution in [0.3, 0.4) is 0 Å². The Kier molecular flexibility index (Phi) is 6.09. The van der Waals surface area contributed by atoms with Crippen LogP contribution in [0.25, 0.3) is 0 Å². The number of rotatable bonds is 6. The molecule has 1 amide bonds. The third-order valence-corrected chi connectivity index (χ3v) is 5.75. The molecule has 1 aliphatic rings. The van der Waals surface area contributed by atoms with Crippen LogP contribution in [0.15, 0.2) is 47.4 Å². The maximum Gasteiger partial charge on any atom is 0.233 e. The van der Waals surface area contributed by atoms with Gasteiger partial charge in [0.1, 0.15) is 11.5 Å². The quantitative estimate of drug-likeness (QED) is 0.703. The van der Waals surface area contributed by atoms with Crippen molar-refractivity contribution in [2.75, 3.05) is 26.5 Å². The van der Waals surface area contributed by atoms with Crippen molar-refractivity contribution in [1.82, 2.24) is 4.90 Å². The smallest absolute Gasteiger partial charge is 0.233 e. The van der Waals surface area contributed by atoms with Crippen LogP contribution in [0.4, 0.5) is 0 Å². The van der Waals surface area contributed by atoms with Gasteiger partial charge in [-0.3, -0.25) is 4.79 Å². The van der Waals surface area contributed by atoms with Crippen molar-refractivity contribution in [3.05, 3.63) is 53.6 Å². The van der Waals surface area contributed by atoms with E-state index >= 15 is 0 Å². The normalized spacial score (nSPS) is 16.6. The first kappa shape index (κ1) is 18.6. The number of ether oxygens (including phenoxy) is 2. The Morgan fingerprint density at radius 3 is 2.62 bits per heavy atom. The van der Waals surface area contributed by atoms with Gasteiger partial charge in [-0.05, 0) is 50.1 Å². The van der Waals surface area contributed by atoms with Crippen LogP contribution in [0, 0.1) is 6.92 Å². The highest BCUT2D eigenvalue weighted by Gasteiger charge is 2.32. The molecule has 2 aromatic rings. The van der Waals surface area contributed by atoms with E-state index in [1.807, 2.05) is 23.1 Å². The molecule has 138 valence electrons. The van der Waals surface area contributed by atoms with Crippen molar-refractivity contribution in [2.24, 2.45) is 0 Å². The van der Waals surface area contributed by atoms with Gasteiger partial charge >= 0.3 is 0 Å². The average Bonchev–Trinajstić information content (AvgIpc) is 3.16. The number of aryl methyl sites for hydroxylation is 1. The molecular weight excluding hydrogens is 346 g/mol. The van der Waals surface area contributed by atoms with E-state index in [1.54, 1.807) is 26.0 Å². The van der Waals surface area contributed by atoms with E-state index < -0.39 is 0 Å². The molecular formula is C21H25NO3S. The number of carbonyl (C=O) groups excluding carboxylic acids is 1. The summed E-state index contributed by atoms with van der Waals surface area (Å²) in [6.45, 7) is 2.86. The van der Waals surface area contributed by atoms with Gasteiger partial charge in [0.25, 0.3) is 0 Å². The minimum atomic E-state index is 0.0474. The number of thioether (sulfide) groups is 1. The molecule has 1 fully saturated rings. The lowest BCUT2D eigenvalue weighted by Crippen LogP contribution is -2.32. The molecule has 3 rings (SSSR count). The lowest BCUT2D eigenvalue weighted by molar-refractivity contribution is -0.129. The van der Waals surface area contributed by atoms with Crippen molar-refractivity contribution >= 4 is 17.7 Å². The van der Waals surface area contributed by atoms with Gasteiger partial charge in [-0.25, -0.2) is 0 Å². The van der Waals surface area contributed by atoms with Gasteiger partial charge < -0.3 is 14.4 Å². The molecule has 4 nitrogen and oxygen atoms in total. The van der Waals surface area contributed by atoms with Crippen molar-refractivity contribution in [2.45, 2.75) is 30.7 Å². The molecule has 1 aliphatic heterocycles. The van der Waals surface area contributed by atoms with Crippen LogP contribution in [-0.4, -0.2) is 37.3 Å². The Morgan fingerprint density at radius 1 is 1.15 bits per heavy atom. The van der Waals surface area contributed by atoms with Gasteiger partial charge in [0.2, 0.25) is 5.91 Å². The van der Waals surface area contributed by atoms with Gasteiger partial charge in [-0.2, -0.15) is 0 Å². The summed E-state index contributed by atoms with van der Waals surface area (Å²) in [5.41, 5.74) is 2.25. The molecule has 0 spiro atoms.